The van der Waals surface area contributed by atoms with Gasteiger partial charge in [0.25, 0.3) is 5.91 Å². The van der Waals surface area contributed by atoms with Crippen molar-refractivity contribution < 1.29 is 13.2 Å². The number of sulfonamides is 1. The van der Waals surface area contributed by atoms with Crippen LogP contribution in [0.1, 0.15) is 24.2 Å². The van der Waals surface area contributed by atoms with Crippen LogP contribution in [-0.4, -0.2) is 33.2 Å². The van der Waals surface area contributed by atoms with Crippen LogP contribution in [0.3, 0.4) is 0 Å². The number of benzene rings is 1. The Morgan fingerprint density at radius 3 is 2.55 bits per heavy atom. The van der Waals surface area contributed by atoms with Crippen LogP contribution in [0.15, 0.2) is 24.3 Å². The predicted octanol–water partition coefficient (Wildman–Crippen LogP) is 0.773. The maximum absolute atomic E-state index is 12.0. The van der Waals surface area contributed by atoms with Gasteiger partial charge in [0.1, 0.15) is 0 Å². The van der Waals surface area contributed by atoms with Crippen molar-refractivity contribution in [3.8, 4) is 0 Å². The van der Waals surface area contributed by atoms with Gasteiger partial charge in [0.15, 0.2) is 0 Å². The largest absolute Gasteiger partial charge is 0.352 e. The van der Waals surface area contributed by atoms with E-state index in [9.17, 15) is 13.2 Å². The number of amides is 1. The molecule has 0 aliphatic carbocycles. The molecule has 0 fully saturated rings. The Bertz CT molecular complexity index is 556. The van der Waals surface area contributed by atoms with Crippen LogP contribution in [-0.2, 0) is 10.0 Å². The van der Waals surface area contributed by atoms with Crippen molar-refractivity contribution in [3.63, 3.8) is 0 Å². The fraction of sp³-hybridized carbons (Fsp3) is 0.462. The van der Waals surface area contributed by atoms with Crippen molar-refractivity contribution in [3.05, 3.63) is 29.8 Å². The zero-order valence-corrected chi connectivity index (χ0v) is 12.5. The molecule has 0 aliphatic heterocycles. The van der Waals surface area contributed by atoms with Gasteiger partial charge in [0.2, 0.25) is 10.0 Å². The van der Waals surface area contributed by atoms with Crippen molar-refractivity contribution in [1.29, 1.82) is 0 Å². The first kappa shape index (κ1) is 16.5. The van der Waals surface area contributed by atoms with Gasteiger partial charge >= 0.3 is 0 Å². The maximum Gasteiger partial charge on any atom is 0.253 e. The zero-order chi connectivity index (χ0) is 15.2. The molecule has 4 N–H and O–H groups in total. The van der Waals surface area contributed by atoms with E-state index in [0.717, 1.165) is 0 Å². The second-order valence-corrected chi connectivity index (χ2v) is 6.70. The molecule has 0 spiro atoms. The number of anilines is 1. The summed E-state index contributed by atoms with van der Waals surface area (Å²) >= 11 is 0. The SMILES string of the molecule is CC(C)CNC(=O)c1ccccc1NS(=O)(=O)CCN. The minimum absolute atomic E-state index is 0.0248. The Balaban J connectivity index is 2.91. The third-order valence-electron chi connectivity index (χ3n) is 2.49. The van der Waals surface area contributed by atoms with Crippen molar-refractivity contribution in [1.82, 2.24) is 5.32 Å². The lowest BCUT2D eigenvalue weighted by molar-refractivity contribution is 0.0950. The molecule has 1 rings (SSSR count). The Morgan fingerprint density at radius 2 is 1.95 bits per heavy atom. The molecule has 0 saturated heterocycles. The number of carbonyl (C=O) groups excluding carboxylic acids is 1. The Hall–Kier alpha value is -1.60. The second kappa shape index (κ2) is 7.25. The van der Waals surface area contributed by atoms with E-state index in [-0.39, 0.29) is 23.9 Å². The van der Waals surface area contributed by atoms with Crippen LogP contribution < -0.4 is 15.8 Å². The Morgan fingerprint density at radius 1 is 1.30 bits per heavy atom. The normalized spacial score (nSPS) is 11.4. The van der Waals surface area contributed by atoms with E-state index in [2.05, 4.69) is 10.0 Å². The highest BCUT2D eigenvalue weighted by atomic mass is 32.2. The van der Waals surface area contributed by atoms with Gasteiger partial charge in [-0.3, -0.25) is 9.52 Å². The summed E-state index contributed by atoms with van der Waals surface area (Å²) in [7, 11) is -3.53. The first-order valence-corrected chi connectivity index (χ1v) is 8.08. The molecule has 1 aromatic carbocycles. The first-order valence-electron chi connectivity index (χ1n) is 6.43. The highest BCUT2D eigenvalue weighted by Gasteiger charge is 2.15. The van der Waals surface area contributed by atoms with Crippen LogP contribution in [0.4, 0.5) is 5.69 Å². The standard InChI is InChI=1S/C13H21N3O3S/c1-10(2)9-15-13(17)11-5-3-4-6-12(11)16-20(18,19)8-7-14/h3-6,10,16H,7-9,14H2,1-2H3,(H,15,17). The average Bonchev–Trinajstić information content (AvgIpc) is 2.36. The van der Waals surface area contributed by atoms with Gasteiger partial charge in [-0.05, 0) is 18.1 Å². The van der Waals surface area contributed by atoms with E-state index in [1.807, 2.05) is 13.8 Å². The summed E-state index contributed by atoms with van der Waals surface area (Å²) in [6, 6.07) is 6.48. The minimum Gasteiger partial charge on any atom is -0.352 e. The smallest absolute Gasteiger partial charge is 0.253 e. The van der Waals surface area contributed by atoms with Crippen molar-refractivity contribution in [2.24, 2.45) is 11.7 Å². The molecule has 0 atom stereocenters. The number of para-hydroxylation sites is 1. The van der Waals surface area contributed by atoms with Gasteiger partial charge in [0.05, 0.1) is 17.0 Å². The number of hydrogen-bond acceptors (Lipinski definition) is 4. The molecule has 20 heavy (non-hydrogen) atoms. The summed E-state index contributed by atoms with van der Waals surface area (Å²) in [4.78, 5) is 12.0. The molecule has 1 aromatic rings. The van der Waals surface area contributed by atoms with Crippen LogP contribution in [0, 0.1) is 5.92 Å². The number of carbonyl (C=O) groups is 1. The molecule has 0 saturated carbocycles. The van der Waals surface area contributed by atoms with Gasteiger partial charge in [-0.1, -0.05) is 26.0 Å². The molecule has 1 amide bonds. The molecule has 0 bridgehead atoms. The maximum atomic E-state index is 12.0. The number of hydrogen-bond donors (Lipinski definition) is 3. The van der Waals surface area contributed by atoms with Gasteiger partial charge < -0.3 is 11.1 Å². The summed E-state index contributed by atoms with van der Waals surface area (Å²) in [6.45, 7) is 4.52. The monoisotopic (exact) mass is 299 g/mol. The van der Waals surface area contributed by atoms with Crippen LogP contribution >= 0.6 is 0 Å². The number of nitrogens with one attached hydrogen (secondary N) is 2. The van der Waals surface area contributed by atoms with Gasteiger partial charge in [-0.25, -0.2) is 8.42 Å². The third-order valence-corrected chi connectivity index (χ3v) is 3.80. The number of nitrogens with two attached hydrogens (primary N) is 1. The van der Waals surface area contributed by atoms with Gasteiger partial charge in [-0.15, -0.1) is 0 Å². The summed E-state index contributed by atoms with van der Waals surface area (Å²) in [6.07, 6.45) is 0. The molecule has 0 aromatic heterocycles. The van der Waals surface area contributed by atoms with Gasteiger partial charge in [-0.2, -0.15) is 0 Å². The van der Waals surface area contributed by atoms with Crippen LogP contribution in [0.2, 0.25) is 0 Å². The highest BCUT2D eigenvalue weighted by Crippen LogP contribution is 2.16. The predicted molar refractivity (Wildman–Crippen MR) is 80.1 cm³/mol. The topological polar surface area (TPSA) is 101 Å². The third kappa shape index (κ3) is 5.18. The van der Waals surface area contributed by atoms with E-state index < -0.39 is 10.0 Å². The van der Waals surface area contributed by atoms with E-state index in [1.165, 1.54) is 0 Å². The molecule has 0 heterocycles. The molecule has 0 unspecified atom stereocenters. The zero-order valence-electron chi connectivity index (χ0n) is 11.7. The van der Waals surface area contributed by atoms with Gasteiger partial charge in [0, 0.05) is 13.1 Å². The average molecular weight is 299 g/mol. The lowest BCUT2D eigenvalue weighted by Gasteiger charge is -2.13. The van der Waals surface area contributed by atoms with Crippen molar-refractivity contribution in [2.45, 2.75) is 13.8 Å². The van der Waals surface area contributed by atoms with Crippen molar-refractivity contribution in [2.75, 3.05) is 23.6 Å². The summed E-state index contributed by atoms with van der Waals surface area (Å²) < 4.78 is 25.8. The molecular weight excluding hydrogens is 278 g/mol. The molecular formula is C13H21N3O3S. The fourth-order valence-electron chi connectivity index (χ4n) is 1.54. The molecule has 6 nitrogen and oxygen atoms in total. The van der Waals surface area contributed by atoms with Crippen LogP contribution in [0.25, 0.3) is 0 Å². The second-order valence-electron chi connectivity index (χ2n) is 4.86. The number of rotatable bonds is 7. The van der Waals surface area contributed by atoms with Crippen LogP contribution in [0.5, 0.6) is 0 Å². The molecule has 112 valence electrons. The quantitative estimate of drug-likeness (QED) is 0.692. The van der Waals surface area contributed by atoms with E-state index in [0.29, 0.717) is 18.0 Å². The van der Waals surface area contributed by atoms with E-state index in [4.69, 9.17) is 5.73 Å². The minimum atomic E-state index is -3.53. The summed E-state index contributed by atoms with van der Waals surface area (Å²) in [5, 5.41) is 2.76. The molecule has 7 heteroatoms. The Kier molecular flexibility index (Phi) is 5.97. The highest BCUT2D eigenvalue weighted by molar-refractivity contribution is 7.92. The lowest BCUT2D eigenvalue weighted by atomic mass is 10.1. The molecule has 0 aliphatic rings. The molecule has 0 radical (unpaired) electrons. The summed E-state index contributed by atoms with van der Waals surface area (Å²) in [5.74, 6) is -0.167. The van der Waals surface area contributed by atoms with E-state index in [1.54, 1.807) is 24.3 Å². The first-order chi connectivity index (χ1) is 9.35. The fourth-order valence-corrected chi connectivity index (χ4v) is 2.46. The van der Waals surface area contributed by atoms with Crippen molar-refractivity contribution >= 4 is 21.6 Å². The lowest BCUT2D eigenvalue weighted by Crippen LogP contribution is -2.29. The Labute approximate surface area is 119 Å². The summed E-state index contributed by atoms with van der Waals surface area (Å²) in [5.41, 5.74) is 5.81. The van der Waals surface area contributed by atoms with E-state index >= 15 is 0 Å².